The fourth-order valence-electron chi connectivity index (χ4n) is 3.49. The average Bonchev–Trinajstić information content (AvgIpc) is 2.81. The van der Waals surface area contributed by atoms with E-state index in [1.54, 1.807) is 42.5 Å². The van der Waals surface area contributed by atoms with Crippen LogP contribution in [0.3, 0.4) is 0 Å². The van der Waals surface area contributed by atoms with Crippen molar-refractivity contribution in [3.63, 3.8) is 0 Å². The van der Waals surface area contributed by atoms with Crippen LogP contribution >= 0.6 is 0 Å². The van der Waals surface area contributed by atoms with E-state index in [2.05, 4.69) is 5.32 Å². The zero-order valence-corrected chi connectivity index (χ0v) is 23.7. The number of benzene rings is 3. The molecular formula is C29H35NO8S. The number of carboxylic acid groups (broad SMARTS) is 1. The summed E-state index contributed by atoms with van der Waals surface area (Å²) in [5.41, 5.74) is 3.63. The van der Waals surface area contributed by atoms with Crippen LogP contribution < -0.4 is 10.1 Å². The molecule has 1 atom stereocenters. The second-order valence-electron chi connectivity index (χ2n) is 10.2. The van der Waals surface area contributed by atoms with Crippen LogP contribution in [0, 0.1) is 13.8 Å². The average molecular weight is 558 g/mol. The number of hydrogen-bond acceptors (Lipinski definition) is 7. The largest absolute Gasteiger partial charge is 0.478 e. The molecule has 0 amide bonds. The number of ether oxygens (including phenoxy) is 1. The summed E-state index contributed by atoms with van der Waals surface area (Å²) in [5, 5.41) is 23.7. The summed E-state index contributed by atoms with van der Waals surface area (Å²) in [6.45, 7) is 10.1. The van der Waals surface area contributed by atoms with Gasteiger partial charge in [0.25, 0.3) is 10.1 Å². The molecule has 0 saturated heterocycles. The first-order valence-corrected chi connectivity index (χ1v) is 13.9. The maximum absolute atomic E-state index is 12.9. The Bertz CT molecular complexity index is 1420. The number of carboxylic acids is 1. The van der Waals surface area contributed by atoms with Crippen molar-refractivity contribution >= 4 is 22.1 Å². The van der Waals surface area contributed by atoms with Crippen LogP contribution in [-0.4, -0.2) is 53.5 Å². The van der Waals surface area contributed by atoms with E-state index in [1.807, 2.05) is 46.8 Å². The highest BCUT2D eigenvalue weighted by molar-refractivity contribution is 7.85. The Morgan fingerprint density at radius 2 is 1.49 bits per heavy atom. The highest BCUT2D eigenvalue weighted by Crippen LogP contribution is 2.36. The normalized spacial score (nSPS) is 12.2. The monoisotopic (exact) mass is 557 g/mol. The lowest BCUT2D eigenvalue weighted by molar-refractivity contribution is 0.0696. The molecule has 0 aromatic heterocycles. The minimum atomic E-state index is -3.67. The van der Waals surface area contributed by atoms with Crippen LogP contribution in [0.2, 0.25) is 0 Å². The number of carbonyl (C=O) groups excluding carboxylic acids is 1. The third-order valence-electron chi connectivity index (χ3n) is 5.40. The molecule has 1 unspecified atom stereocenters. The number of aliphatic hydroxyl groups is 1. The predicted molar refractivity (Wildman–Crippen MR) is 150 cm³/mol. The summed E-state index contributed by atoms with van der Waals surface area (Å²) in [6.07, 6.45) is -0.131. The van der Waals surface area contributed by atoms with Crippen molar-refractivity contribution < 1.29 is 37.5 Å². The molecule has 10 heteroatoms. The van der Waals surface area contributed by atoms with E-state index in [1.165, 1.54) is 6.07 Å². The third-order valence-corrected chi connectivity index (χ3v) is 5.40. The number of rotatable bonds is 7. The minimum absolute atomic E-state index is 0.0981. The van der Waals surface area contributed by atoms with Gasteiger partial charge in [0.05, 0.1) is 23.5 Å². The molecule has 3 aromatic carbocycles. The van der Waals surface area contributed by atoms with Crippen LogP contribution in [0.4, 0.5) is 0 Å². The molecule has 0 bridgehead atoms. The number of β-amino-alcohol motifs (C(OH)–C–C–N with tert-alkyl or cyclic N) is 1. The standard InChI is InChI=1S/C28H31NO5.CH4O3S/c1-17-6-9-19(10-7-17)27(33)34-25-15-20(24(30)16-29-28(3,4)5)11-13-21(25)23-14-18(2)8-12-22(23)26(31)32;1-5(2,3)4/h6-15,24,29-30H,16H2,1-5H3,(H,31,32);1H3,(H,2,3,4). The molecule has 3 aromatic rings. The van der Waals surface area contributed by atoms with Gasteiger partial charge in [-0.2, -0.15) is 8.42 Å². The molecule has 9 nitrogen and oxygen atoms in total. The number of esters is 1. The van der Waals surface area contributed by atoms with E-state index in [-0.39, 0.29) is 16.9 Å². The van der Waals surface area contributed by atoms with Crippen molar-refractivity contribution in [1.29, 1.82) is 0 Å². The Hall–Kier alpha value is -3.57. The number of carbonyl (C=O) groups is 2. The molecule has 0 aliphatic heterocycles. The lowest BCUT2D eigenvalue weighted by Crippen LogP contribution is -2.38. The zero-order chi connectivity index (χ0) is 29.5. The van der Waals surface area contributed by atoms with E-state index in [9.17, 15) is 28.2 Å². The number of hydrogen-bond donors (Lipinski definition) is 4. The predicted octanol–water partition coefficient (Wildman–Crippen LogP) is 4.81. The smallest absolute Gasteiger partial charge is 0.343 e. The zero-order valence-electron chi connectivity index (χ0n) is 22.8. The molecule has 0 aliphatic carbocycles. The lowest BCUT2D eigenvalue weighted by atomic mass is 9.94. The topological polar surface area (TPSA) is 150 Å². The van der Waals surface area contributed by atoms with E-state index in [4.69, 9.17) is 9.29 Å². The summed E-state index contributed by atoms with van der Waals surface area (Å²) in [6, 6.07) is 17.0. The van der Waals surface area contributed by atoms with E-state index < -0.39 is 28.2 Å². The van der Waals surface area contributed by atoms with Crippen molar-refractivity contribution in [2.45, 2.75) is 46.3 Å². The summed E-state index contributed by atoms with van der Waals surface area (Å²) in [7, 11) is -3.67. The molecule has 4 N–H and O–H groups in total. The molecule has 210 valence electrons. The quantitative estimate of drug-likeness (QED) is 0.182. The van der Waals surface area contributed by atoms with Gasteiger partial charge in [-0.1, -0.05) is 47.5 Å². The molecule has 0 aliphatic rings. The van der Waals surface area contributed by atoms with Gasteiger partial charge in [-0.15, -0.1) is 0 Å². The van der Waals surface area contributed by atoms with Crippen molar-refractivity contribution in [2.24, 2.45) is 0 Å². The Kier molecular flexibility index (Phi) is 10.5. The summed E-state index contributed by atoms with van der Waals surface area (Å²) in [5.74, 6) is -1.46. The van der Waals surface area contributed by atoms with Gasteiger partial charge in [-0.3, -0.25) is 4.55 Å². The van der Waals surface area contributed by atoms with Crippen molar-refractivity contribution in [3.05, 3.63) is 88.5 Å². The van der Waals surface area contributed by atoms with Gasteiger partial charge in [-0.25, -0.2) is 9.59 Å². The molecule has 0 radical (unpaired) electrons. The van der Waals surface area contributed by atoms with Crippen LogP contribution in [0.1, 0.15) is 64.3 Å². The summed E-state index contributed by atoms with van der Waals surface area (Å²) in [4.78, 5) is 24.8. The van der Waals surface area contributed by atoms with E-state index in [0.29, 0.717) is 35.1 Å². The van der Waals surface area contributed by atoms with E-state index >= 15 is 0 Å². The second kappa shape index (κ2) is 13.0. The van der Waals surface area contributed by atoms with Crippen LogP contribution in [0.5, 0.6) is 5.75 Å². The van der Waals surface area contributed by atoms with Gasteiger partial charge in [0.2, 0.25) is 0 Å². The van der Waals surface area contributed by atoms with Crippen molar-refractivity contribution in [3.8, 4) is 16.9 Å². The second-order valence-corrected chi connectivity index (χ2v) is 11.7. The SMILES string of the molecule is CS(=O)(=O)O.Cc1ccc(C(=O)Oc2cc(C(O)CNC(C)(C)C)ccc2-c2cc(C)ccc2C(=O)O)cc1. The van der Waals surface area contributed by atoms with Gasteiger partial charge >= 0.3 is 11.9 Å². The Morgan fingerprint density at radius 3 is 2.03 bits per heavy atom. The maximum atomic E-state index is 12.9. The molecular weight excluding hydrogens is 522 g/mol. The van der Waals surface area contributed by atoms with Gasteiger partial charge < -0.3 is 20.3 Å². The molecule has 39 heavy (non-hydrogen) atoms. The first kappa shape index (κ1) is 31.6. The lowest BCUT2D eigenvalue weighted by Gasteiger charge is -2.23. The number of aromatic carboxylic acids is 1. The number of aryl methyl sites for hydroxylation is 2. The van der Waals surface area contributed by atoms with Crippen LogP contribution in [0.25, 0.3) is 11.1 Å². The highest BCUT2D eigenvalue weighted by atomic mass is 32.2. The molecule has 3 rings (SSSR count). The Balaban J connectivity index is 0.000000976. The fraction of sp³-hybridized carbons (Fsp3) is 0.310. The maximum Gasteiger partial charge on any atom is 0.343 e. The van der Waals surface area contributed by atoms with Gasteiger partial charge in [0.1, 0.15) is 5.75 Å². The minimum Gasteiger partial charge on any atom is -0.478 e. The first-order valence-electron chi connectivity index (χ1n) is 12.1. The molecule has 0 fully saturated rings. The van der Waals surface area contributed by atoms with Crippen LogP contribution in [0.15, 0.2) is 60.7 Å². The summed E-state index contributed by atoms with van der Waals surface area (Å²) >= 11 is 0. The first-order chi connectivity index (χ1) is 17.9. The fourth-order valence-corrected chi connectivity index (χ4v) is 3.49. The highest BCUT2D eigenvalue weighted by Gasteiger charge is 2.21. The molecule has 0 spiro atoms. The van der Waals surface area contributed by atoms with Gasteiger partial charge in [-0.05, 0) is 64.4 Å². The van der Waals surface area contributed by atoms with E-state index in [0.717, 1.165) is 11.1 Å². The van der Waals surface area contributed by atoms with Crippen molar-refractivity contribution in [2.75, 3.05) is 12.8 Å². The Labute approximate surface area is 229 Å². The molecule has 0 saturated carbocycles. The van der Waals surface area contributed by atoms with Crippen LogP contribution in [-0.2, 0) is 10.1 Å². The number of nitrogens with one attached hydrogen (secondary N) is 1. The summed E-state index contributed by atoms with van der Waals surface area (Å²) < 4.78 is 31.6. The van der Waals surface area contributed by atoms with Crippen molar-refractivity contribution in [1.82, 2.24) is 5.32 Å². The van der Waals surface area contributed by atoms with Gasteiger partial charge in [0, 0.05) is 23.2 Å². The third kappa shape index (κ3) is 10.6. The molecule has 0 heterocycles. The van der Waals surface area contributed by atoms with Gasteiger partial charge in [0.15, 0.2) is 0 Å². The Morgan fingerprint density at radius 1 is 0.923 bits per heavy atom. The number of aliphatic hydroxyl groups excluding tert-OH is 1.